The van der Waals surface area contributed by atoms with Gasteiger partial charge < -0.3 is 20.1 Å². The van der Waals surface area contributed by atoms with Crippen molar-refractivity contribution in [1.82, 2.24) is 0 Å². The summed E-state index contributed by atoms with van der Waals surface area (Å²) in [6.07, 6.45) is 31.4. The van der Waals surface area contributed by atoms with Gasteiger partial charge >= 0.3 is 5.97 Å². The average Bonchev–Trinajstić information content (AvgIpc) is 2.96. The van der Waals surface area contributed by atoms with Gasteiger partial charge in [-0.15, -0.1) is 0 Å². The van der Waals surface area contributed by atoms with E-state index in [2.05, 4.69) is 13.8 Å². The molecule has 0 aliphatic rings. The zero-order valence-corrected chi connectivity index (χ0v) is 26.9. The van der Waals surface area contributed by atoms with E-state index in [0.29, 0.717) is 12.8 Å². The van der Waals surface area contributed by atoms with Gasteiger partial charge in [-0.25, -0.2) is 0 Å². The normalized spacial score (nSPS) is 13.8. The summed E-state index contributed by atoms with van der Waals surface area (Å²) >= 11 is 0. The highest BCUT2D eigenvalue weighted by Crippen LogP contribution is 2.22. The minimum absolute atomic E-state index is 0.213. The molecule has 5 nitrogen and oxygen atoms in total. The summed E-state index contributed by atoms with van der Waals surface area (Å²) in [7, 11) is 0. The molecular formula is C35H70O5. The third-order valence-electron chi connectivity index (χ3n) is 8.37. The molecule has 0 aromatic carbocycles. The predicted octanol–water partition coefficient (Wildman–Crippen LogP) is 9.43. The van der Waals surface area contributed by atoms with Crippen LogP contribution in [0.25, 0.3) is 0 Å². The van der Waals surface area contributed by atoms with E-state index >= 15 is 0 Å². The Kier molecular flexibility index (Phi) is 30.8. The largest absolute Gasteiger partial charge is 0.463 e. The molecule has 3 N–H and O–H groups in total. The molecule has 240 valence electrons. The molecule has 0 aliphatic carbocycles. The van der Waals surface area contributed by atoms with Crippen LogP contribution in [-0.2, 0) is 9.53 Å². The molecule has 0 aromatic rings. The second-order valence-corrected chi connectivity index (χ2v) is 12.3. The summed E-state index contributed by atoms with van der Waals surface area (Å²) in [6, 6.07) is 0. The number of esters is 1. The summed E-state index contributed by atoms with van der Waals surface area (Å²) < 4.78 is 5.25. The Hall–Kier alpha value is -0.650. The monoisotopic (exact) mass is 571 g/mol. The lowest BCUT2D eigenvalue weighted by molar-refractivity contribution is -0.156. The number of carbonyl (C=O) groups excluding carboxylic acids is 1. The van der Waals surface area contributed by atoms with Crippen LogP contribution in [-0.4, -0.2) is 46.7 Å². The van der Waals surface area contributed by atoms with Crippen molar-refractivity contribution in [2.24, 2.45) is 5.92 Å². The van der Waals surface area contributed by atoms with E-state index in [0.717, 1.165) is 25.7 Å². The summed E-state index contributed by atoms with van der Waals surface area (Å²) in [5, 5.41) is 29.4. The molecule has 0 spiro atoms. The van der Waals surface area contributed by atoms with Gasteiger partial charge in [0.25, 0.3) is 0 Å². The van der Waals surface area contributed by atoms with E-state index in [4.69, 9.17) is 9.84 Å². The lowest BCUT2D eigenvalue weighted by Crippen LogP contribution is -2.32. The second-order valence-electron chi connectivity index (χ2n) is 12.3. The number of aliphatic hydroxyl groups excluding tert-OH is 3. The Morgan fingerprint density at radius 3 is 1.20 bits per heavy atom. The number of hydrogen-bond acceptors (Lipinski definition) is 5. The molecule has 0 fully saturated rings. The molecular weight excluding hydrogens is 500 g/mol. The summed E-state index contributed by atoms with van der Waals surface area (Å²) in [5.74, 6) is -0.968. The van der Waals surface area contributed by atoms with Gasteiger partial charge in [-0.05, 0) is 12.8 Å². The maximum absolute atomic E-state index is 12.7. The van der Waals surface area contributed by atoms with E-state index in [-0.39, 0.29) is 6.61 Å². The lowest BCUT2D eigenvalue weighted by Gasteiger charge is -2.22. The topological polar surface area (TPSA) is 87.0 Å². The first-order valence-electron chi connectivity index (χ1n) is 17.7. The van der Waals surface area contributed by atoms with Crippen LogP contribution in [0.15, 0.2) is 0 Å². The Morgan fingerprint density at radius 1 is 0.525 bits per heavy atom. The maximum atomic E-state index is 12.7. The number of aliphatic hydroxyl groups is 3. The van der Waals surface area contributed by atoms with Crippen molar-refractivity contribution in [3.05, 3.63) is 0 Å². The Bertz CT molecular complexity index is 512. The molecule has 5 heteroatoms. The van der Waals surface area contributed by atoms with Crippen LogP contribution < -0.4 is 0 Å². The first-order valence-corrected chi connectivity index (χ1v) is 17.7. The smallest absolute Gasteiger partial charge is 0.311 e. The van der Waals surface area contributed by atoms with Crippen molar-refractivity contribution in [2.45, 2.75) is 199 Å². The summed E-state index contributed by atoms with van der Waals surface area (Å²) in [5.41, 5.74) is 0. The molecule has 0 aromatic heterocycles. The lowest BCUT2D eigenvalue weighted by atomic mass is 9.91. The molecule has 0 radical (unpaired) electrons. The van der Waals surface area contributed by atoms with Crippen molar-refractivity contribution in [3.8, 4) is 0 Å². The van der Waals surface area contributed by atoms with Crippen molar-refractivity contribution in [1.29, 1.82) is 0 Å². The minimum atomic E-state index is -1.06. The first kappa shape index (κ1) is 39.4. The van der Waals surface area contributed by atoms with Crippen molar-refractivity contribution >= 4 is 5.97 Å². The summed E-state index contributed by atoms with van der Waals surface area (Å²) in [6.45, 7) is 3.88. The van der Waals surface area contributed by atoms with Crippen LogP contribution in [0.1, 0.15) is 187 Å². The number of carbonyl (C=O) groups is 1. The van der Waals surface area contributed by atoms with Gasteiger partial charge in [0.1, 0.15) is 12.7 Å². The predicted molar refractivity (Wildman–Crippen MR) is 170 cm³/mol. The highest BCUT2D eigenvalue weighted by Gasteiger charge is 2.28. The van der Waals surface area contributed by atoms with E-state index in [1.54, 1.807) is 0 Å². The van der Waals surface area contributed by atoms with Crippen LogP contribution in [0.5, 0.6) is 0 Å². The number of ether oxygens (including phenoxy) is 1. The van der Waals surface area contributed by atoms with Crippen molar-refractivity contribution < 1.29 is 24.9 Å². The molecule has 40 heavy (non-hydrogen) atoms. The fourth-order valence-electron chi connectivity index (χ4n) is 5.58. The molecule has 0 heterocycles. The van der Waals surface area contributed by atoms with Gasteiger partial charge in [-0.2, -0.15) is 0 Å². The highest BCUT2D eigenvalue weighted by molar-refractivity contribution is 5.73. The molecule has 0 unspecified atom stereocenters. The van der Waals surface area contributed by atoms with Gasteiger partial charge in [-0.3, -0.25) is 4.79 Å². The van der Waals surface area contributed by atoms with Crippen LogP contribution in [0, 0.1) is 5.92 Å². The van der Waals surface area contributed by atoms with E-state index in [1.807, 2.05) is 0 Å². The van der Waals surface area contributed by atoms with Gasteiger partial charge in [-0.1, -0.05) is 174 Å². The minimum Gasteiger partial charge on any atom is -0.463 e. The van der Waals surface area contributed by atoms with Crippen LogP contribution >= 0.6 is 0 Å². The molecule has 0 bridgehead atoms. The van der Waals surface area contributed by atoms with Crippen LogP contribution in [0.4, 0.5) is 0 Å². The van der Waals surface area contributed by atoms with E-state index < -0.39 is 30.7 Å². The quantitative estimate of drug-likeness (QED) is 0.0554. The average molecular weight is 571 g/mol. The zero-order chi connectivity index (χ0) is 29.5. The number of hydrogen-bond donors (Lipinski definition) is 3. The van der Waals surface area contributed by atoms with E-state index in [9.17, 15) is 15.0 Å². The van der Waals surface area contributed by atoms with Crippen molar-refractivity contribution in [2.75, 3.05) is 13.2 Å². The number of unbranched alkanes of at least 4 members (excludes halogenated alkanes) is 23. The SMILES string of the molecule is CCCCCCCCCCCCCCC[C@@H](O)[C@@H](CCCCCCCCCCCCCC)C(=O)OC[C@H](O)CO. The molecule has 0 amide bonds. The zero-order valence-electron chi connectivity index (χ0n) is 26.9. The summed E-state index contributed by atoms with van der Waals surface area (Å²) in [4.78, 5) is 12.7. The molecule has 0 saturated heterocycles. The third-order valence-corrected chi connectivity index (χ3v) is 8.37. The van der Waals surface area contributed by atoms with Crippen LogP contribution in [0.2, 0.25) is 0 Å². The first-order chi connectivity index (χ1) is 19.6. The van der Waals surface area contributed by atoms with Gasteiger partial charge in [0, 0.05) is 0 Å². The Labute approximate surface area is 249 Å². The molecule has 0 saturated carbocycles. The molecule has 3 atom stereocenters. The van der Waals surface area contributed by atoms with E-state index in [1.165, 1.54) is 135 Å². The highest BCUT2D eigenvalue weighted by atomic mass is 16.5. The fourth-order valence-corrected chi connectivity index (χ4v) is 5.58. The van der Waals surface area contributed by atoms with Gasteiger partial charge in [0.15, 0.2) is 0 Å². The van der Waals surface area contributed by atoms with Crippen LogP contribution in [0.3, 0.4) is 0 Å². The van der Waals surface area contributed by atoms with Gasteiger partial charge in [0.2, 0.25) is 0 Å². The maximum Gasteiger partial charge on any atom is 0.311 e. The molecule has 0 rings (SSSR count). The molecule has 0 aliphatic heterocycles. The van der Waals surface area contributed by atoms with Gasteiger partial charge in [0.05, 0.1) is 18.6 Å². The van der Waals surface area contributed by atoms with Crippen molar-refractivity contribution in [3.63, 3.8) is 0 Å². The fraction of sp³-hybridized carbons (Fsp3) is 0.971. The Balaban J connectivity index is 4.06. The second kappa shape index (κ2) is 31.3. The Morgan fingerprint density at radius 2 is 0.850 bits per heavy atom. The third kappa shape index (κ3) is 26.3. The number of rotatable bonds is 32. The standard InChI is InChI=1S/C35H70O5/c1-3-5-7-9-11-13-15-17-19-21-23-25-27-29-34(38)33(35(39)40-31-32(37)30-36)28-26-24-22-20-18-16-14-12-10-8-6-4-2/h32-34,36-38H,3-31H2,1-2H3/t32-,33-,34-/m1/s1.